The second-order valence-electron chi connectivity index (χ2n) is 7.36. The van der Waals surface area contributed by atoms with Gasteiger partial charge in [-0.25, -0.2) is 14.6 Å². The lowest BCUT2D eigenvalue weighted by Crippen LogP contribution is -2.44. The maximum atomic E-state index is 13.0. The minimum Gasteiger partial charge on any atom is -0.451 e. The third kappa shape index (κ3) is 5.46. The van der Waals surface area contributed by atoms with E-state index in [1.165, 1.54) is 17.9 Å². The molecule has 0 spiro atoms. The first-order valence-corrected chi connectivity index (χ1v) is 10.7. The van der Waals surface area contributed by atoms with E-state index >= 15 is 0 Å². The quantitative estimate of drug-likeness (QED) is 0.406. The molecule has 0 radical (unpaired) electrons. The first-order valence-electron chi connectivity index (χ1n) is 10.7. The van der Waals surface area contributed by atoms with E-state index in [1.54, 1.807) is 24.3 Å². The van der Waals surface area contributed by atoms with Crippen molar-refractivity contribution in [1.29, 1.82) is 0 Å². The van der Waals surface area contributed by atoms with E-state index in [2.05, 4.69) is 15.0 Å². The number of ether oxygens (including phenoxy) is 2. The molecule has 0 aliphatic rings. The lowest BCUT2D eigenvalue weighted by atomic mass is 10.3. The number of esters is 1. The van der Waals surface area contributed by atoms with Gasteiger partial charge in [-0.05, 0) is 18.6 Å². The van der Waals surface area contributed by atoms with Gasteiger partial charge in [0.15, 0.2) is 18.0 Å². The summed E-state index contributed by atoms with van der Waals surface area (Å²) >= 11 is 0. The van der Waals surface area contributed by atoms with Crippen LogP contribution in [0.15, 0.2) is 40.1 Å². The Balaban J connectivity index is 1.83. The van der Waals surface area contributed by atoms with Crippen molar-refractivity contribution in [2.45, 2.75) is 26.3 Å². The minimum atomic E-state index is -0.854. The largest absolute Gasteiger partial charge is 0.451 e. The zero-order valence-corrected chi connectivity index (χ0v) is 18.9. The van der Waals surface area contributed by atoms with Gasteiger partial charge < -0.3 is 15.2 Å². The van der Waals surface area contributed by atoms with Crippen molar-refractivity contribution in [3.63, 3.8) is 0 Å². The van der Waals surface area contributed by atoms with Crippen LogP contribution < -0.4 is 21.9 Å². The summed E-state index contributed by atoms with van der Waals surface area (Å²) in [7, 11) is 1.43. The van der Waals surface area contributed by atoms with Crippen LogP contribution in [0.2, 0.25) is 0 Å². The highest BCUT2D eigenvalue weighted by Crippen LogP contribution is 2.18. The number of H-pyrrole nitrogens is 1. The number of nitrogens with two attached hydrogens (primary N) is 1. The summed E-state index contributed by atoms with van der Waals surface area (Å²) < 4.78 is 11.4. The van der Waals surface area contributed by atoms with Crippen molar-refractivity contribution in [2.75, 3.05) is 37.5 Å². The van der Waals surface area contributed by atoms with Crippen LogP contribution in [0.5, 0.6) is 0 Å². The zero-order valence-electron chi connectivity index (χ0n) is 18.9. The molecule has 3 aromatic rings. The number of aromatic amines is 1. The van der Waals surface area contributed by atoms with Gasteiger partial charge in [0, 0.05) is 20.2 Å². The predicted molar refractivity (Wildman–Crippen MR) is 125 cm³/mol. The summed E-state index contributed by atoms with van der Waals surface area (Å²) in [6.07, 6.45) is 2.69. The highest BCUT2D eigenvalue weighted by atomic mass is 16.5. The molecule has 1 aromatic carbocycles. The van der Waals surface area contributed by atoms with Gasteiger partial charge in [-0.3, -0.25) is 29.0 Å². The number of nitrogen functional groups attached to an aromatic ring is 1. The van der Waals surface area contributed by atoms with Gasteiger partial charge in [-0.15, -0.1) is 0 Å². The smallest absolute Gasteiger partial charge is 0.359 e. The highest BCUT2D eigenvalue weighted by Gasteiger charge is 2.25. The van der Waals surface area contributed by atoms with E-state index in [9.17, 15) is 19.2 Å². The molecule has 0 atom stereocenters. The van der Waals surface area contributed by atoms with E-state index in [-0.39, 0.29) is 36.9 Å². The number of carbonyl (C=O) groups excluding carboxylic acids is 2. The lowest BCUT2D eigenvalue weighted by molar-refractivity contribution is -0.121. The maximum absolute atomic E-state index is 13.0. The summed E-state index contributed by atoms with van der Waals surface area (Å²) in [5, 5.41) is 0. The number of fused-ring (bicyclic) bond motifs is 1. The second kappa shape index (κ2) is 11.2. The van der Waals surface area contributed by atoms with Crippen LogP contribution >= 0.6 is 0 Å². The summed E-state index contributed by atoms with van der Waals surface area (Å²) in [6, 6.07) is 6.99. The number of hydrogen-bond donors (Lipinski definition) is 2. The molecule has 2 heterocycles. The SMILES string of the molecule is CCCCn1c(N)c(N(CCOC)C(=O)COC(=O)c2cnc3ccccc3n2)c(=O)[nH]c1=O. The van der Waals surface area contributed by atoms with E-state index in [0.717, 1.165) is 11.3 Å². The summed E-state index contributed by atoms with van der Waals surface area (Å²) in [4.78, 5) is 61.8. The Labute approximate surface area is 194 Å². The second-order valence-corrected chi connectivity index (χ2v) is 7.36. The fraction of sp³-hybridized carbons (Fsp3) is 0.364. The Kier molecular flexibility index (Phi) is 8.09. The van der Waals surface area contributed by atoms with Crippen LogP contribution in [0.1, 0.15) is 30.3 Å². The van der Waals surface area contributed by atoms with Crippen LogP contribution in [0.25, 0.3) is 11.0 Å². The number of hydrogen-bond acceptors (Lipinski definition) is 9. The zero-order chi connectivity index (χ0) is 24.7. The molecule has 1 amide bonds. The van der Waals surface area contributed by atoms with Gasteiger partial charge >= 0.3 is 11.7 Å². The monoisotopic (exact) mass is 470 g/mol. The fourth-order valence-corrected chi connectivity index (χ4v) is 3.25. The molecular weight excluding hydrogens is 444 g/mol. The third-order valence-electron chi connectivity index (χ3n) is 5.02. The molecule has 0 aliphatic carbocycles. The summed E-state index contributed by atoms with van der Waals surface area (Å²) in [5.41, 5.74) is 5.45. The standard InChI is InChI=1S/C22H26N6O6/c1-3-4-9-28-19(23)18(20(30)26-22(28)32)27(10-11-33-2)17(29)13-34-21(31)16-12-24-14-7-5-6-8-15(14)25-16/h5-8,12H,3-4,9-11,13,23H2,1-2H3,(H,26,30,32). The van der Waals surface area contributed by atoms with E-state index < -0.39 is 29.7 Å². The molecule has 12 nitrogen and oxygen atoms in total. The molecule has 2 aromatic heterocycles. The molecule has 12 heteroatoms. The van der Waals surface area contributed by atoms with Crippen molar-refractivity contribution in [2.24, 2.45) is 0 Å². The van der Waals surface area contributed by atoms with Crippen LogP contribution in [-0.2, 0) is 20.8 Å². The molecule has 0 saturated heterocycles. The number of nitrogens with one attached hydrogen (secondary N) is 1. The molecule has 0 unspecified atom stereocenters. The molecule has 0 fully saturated rings. The van der Waals surface area contributed by atoms with E-state index in [0.29, 0.717) is 17.5 Å². The molecule has 180 valence electrons. The topological polar surface area (TPSA) is 162 Å². The maximum Gasteiger partial charge on any atom is 0.359 e. The van der Waals surface area contributed by atoms with Gasteiger partial charge in [0.2, 0.25) is 0 Å². The molecule has 3 N–H and O–H groups in total. The van der Waals surface area contributed by atoms with Gasteiger partial charge in [0.25, 0.3) is 11.5 Å². The predicted octanol–water partition coefficient (Wildman–Crippen LogP) is 0.699. The molecule has 3 rings (SSSR count). The number of amides is 1. The Morgan fingerprint density at radius 1 is 1.21 bits per heavy atom. The average Bonchev–Trinajstić information content (AvgIpc) is 2.83. The molecule has 0 saturated carbocycles. The third-order valence-corrected chi connectivity index (χ3v) is 5.02. The van der Waals surface area contributed by atoms with Gasteiger partial charge in [-0.1, -0.05) is 25.5 Å². The Bertz CT molecular complexity index is 1300. The number of methoxy groups -OCH3 is 1. The summed E-state index contributed by atoms with van der Waals surface area (Å²) in [5.74, 6) is -1.73. The number of anilines is 2. The van der Waals surface area contributed by atoms with Crippen LogP contribution in [0.3, 0.4) is 0 Å². The molecule has 34 heavy (non-hydrogen) atoms. The number of rotatable bonds is 10. The molecule has 0 aliphatic heterocycles. The van der Waals surface area contributed by atoms with Crippen LogP contribution in [-0.4, -0.2) is 58.3 Å². The van der Waals surface area contributed by atoms with E-state index in [1.807, 2.05) is 6.92 Å². The van der Waals surface area contributed by atoms with Gasteiger partial charge in [0.1, 0.15) is 5.82 Å². The van der Waals surface area contributed by atoms with Crippen molar-refractivity contribution in [3.8, 4) is 0 Å². The Hall–Kier alpha value is -4.06. The Morgan fingerprint density at radius 3 is 2.65 bits per heavy atom. The van der Waals surface area contributed by atoms with Crippen molar-refractivity contribution >= 4 is 34.4 Å². The summed E-state index contributed by atoms with van der Waals surface area (Å²) in [6.45, 7) is 1.54. The first-order chi connectivity index (χ1) is 16.4. The minimum absolute atomic E-state index is 0.0536. The van der Waals surface area contributed by atoms with Gasteiger partial charge in [0.05, 0.1) is 23.8 Å². The fourth-order valence-electron chi connectivity index (χ4n) is 3.25. The van der Waals surface area contributed by atoms with Crippen LogP contribution in [0, 0.1) is 0 Å². The lowest BCUT2D eigenvalue weighted by Gasteiger charge is -2.24. The van der Waals surface area contributed by atoms with Crippen molar-refractivity contribution < 1.29 is 19.1 Å². The van der Waals surface area contributed by atoms with Crippen LogP contribution in [0.4, 0.5) is 11.5 Å². The number of nitrogens with zero attached hydrogens (tertiary/aromatic N) is 4. The van der Waals surface area contributed by atoms with Crippen molar-refractivity contribution in [1.82, 2.24) is 19.5 Å². The number of unbranched alkanes of at least 4 members (excludes halogenated alkanes) is 1. The molecular formula is C22H26N6O6. The number of carbonyl (C=O) groups is 2. The highest BCUT2D eigenvalue weighted by molar-refractivity contribution is 5.98. The normalized spacial score (nSPS) is 10.9. The molecule has 0 bridgehead atoms. The van der Waals surface area contributed by atoms with Gasteiger partial charge in [-0.2, -0.15) is 0 Å². The van der Waals surface area contributed by atoms with Crippen molar-refractivity contribution in [3.05, 3.63) is 57.0 Å². The number of para-hydroxylation sites is 2. The number of benzene rings is 1. The first kappa shape index (κ1) is 24.6. The Morgan fingerprint density at radius 2 is 1.94 bits per heavy atom. The number of aromatic nitrogens is 4. The average molecular weight is 470 g/mol. The van der Waals surface area contributed by atoms with E-state index in [4.69, 9.17) is 15.2 Å².